The number of aliphatic imine (C=N–C) groups is 1. The number of amides is 1. The Bertz CT molecular complexity index is 1280. The van der Waals surface area contributed by atoms with Crippen molar-refractivity contribution in [3.05, 3.63) is 93.1 Å². The lowest BCUT2D eigenvalue weighted by atomic mass is 10.2. The van der Waals surface area contributed by atoms with Crippen molar-refractivity contribution in [2.45, 2.75) is 20.5 Å². The molecule has 1 aliphatic heterocycles. The monoisotopic (exact) mass is 496 g/mol. The van der Waals surface area contributed by atoms with Gasteiger partial charge in [-0.2, -0.15) is 0 Å². The number of aryl methyl sites for hydroxylation is 1. The second-order valence-electron chi connectivity index (χ2n) is 7.47. The second kappa shape index (κ2) is 10.8. The van der Waals surface area contributed by atoms with E-state index in [1.807, 2.05) is 32.0 Å². The van der Waals surface area contributed by atoms with Crippen LogP contribution in [0.5, 0.6) is 11.5 Å². The van der Waals surface area contributed by atoms with Gasteiger partial charge in [-0.25, -0.2) is 9.38 Å². The molecule has 4 rings (SSSR count). The standard InChI is InChI=1S/C26H22ClFN2O3S/c1-3-32-23-12-18(7-11-22(23)33-15-17-5-9-20(28)10-6-17)13-24-25(31)30-26(34-24)29-21-14-19(27)8-4-16(21)2/h4-14H,3,15H2,1-2H3,(H,29,30,31)/b24-13-. The molecule has 8 heteroatoms. The van der Waals surface area contributed by atoms with Crippen molar-refractivity contribution in [2.24, 2.45) is 4.99 Å². The highest BCUT2D eigenvalue weighted by Gasteiger charge is 2.24. The van der Waals surface area contributed by atoms with Crippen molar-refractivity contribution >= 4 is 46.2 Å². The maximum Gasteiger partial charge on any atom is 0.264 e. The maximum atomic E-state index is 13.1. The number of thioether (sulfide) groups is 1. The maximum absolute atomic E-state index is 13.1. The predicted molar refractivity (Wildman–Crippen MR) is 135 cm³/mol. The van der Waals surface area contributed by atoms with Gasteiger partial charge in [0.2, 0.25) is 0 Å². The van der Waals surface area contributed by atoms with Crippen LogP contribution in [0.25, 0.3) is 6.08 Å². The average molecular weight is 497 g/mol. The SMILES string of the molecule is CCOc1cc(/C=C2\SC(=Nc3cc(Cl)ccc3C)NC2=O)ccc1OCc1ccc(F)cc1. The third kappa shape index (κ3) is 5.98. The van der Waals surface area contributed by atoms with E-state index in [0.717, 1.165) is 16.7 Å². The van der Waals surface area contributed by atoms with Crippen LogP contribution in [-0.4, -0.2) is 17.7 Å². The molecule has 1 N–H and O–H groups in total. The number of benzene rings is 3. The number of nitrogens with zero attached hydrogens (tertiary/aromatic N) is 1. The minimum atomic E-state index is -0.291. The molecule has 0 spiro atoms. The smallest absolute Gasteiger partial charge is 0.264 e. The van der Waals surface area contributed by atoms with E-state index in [9.17, 15) is 9.18 Å². The highest BCUT2D eigenvalue weighted by molar-refractivity contribution is 8.18. The van der Waals surface area contributed by atoms with Gasteiger partial charge in [-0.15, -0.1) is 0 Å². The number of nitrogens with one attached hydrogen (secondary N) is 1. The van der Waals surface area contributed by atoms with Gasteiger partial charge >= 0.3 is 0 Å². The molecule has 34 heavy (non-hydrogen) atoms. The van der Waals surface area contributed by atoms with E-state index < -0.39 is 0 Å². The summed E-state index contributed by atoms with van der Waals surface area (Å²) < 4.78 is 24.7. The molecule has 0 atom stereocenters. The van der Waals surface area contributed by atoms with Crippen LogP contribution in [0.1, 0.15) is 23.6 Å². The Kier molecular flexibility index (Phi) is 7.55. The van der Waals surface area contributed by atoms with Crippen LogP contribution in [0, 0.1) is 12.7 Å². The number of carbonyl (C=O) groups excluding carboxylic acids is 1. The van der Waals surface area contributed by atoms with Crippen molar-refractivity contribution in [3.8, 4) is 11.5 Å². The van der Waals surface area contributed by atoms with Gasteiger partial charge in [0, 0.05) is 5.02 Å². The van der Waals surface area contributed by atoms with Gasteiger partial charge in [-0.3, -0.25) is 4.79 Å². The van der Waals surface area contributed by atoms with E-state index in [-0.39, 0.29) is 18.3 Å². The van der Waals surface area contributed by atoms with Crippen LogP contribution in [0.4, 0.5) is 10.1 Å². The number of halogens is 2. The summed E-state index contributed by atoms with van der Waals surface area (Å²) in [5.74, 6) is 0.611. The van der Waals surface area contributed by atoms with Crippen LogP contribution >= 0.6 is 23.4 Å². The largest absolute Gasteiger partial charge is 0.490 e. The van der Waals surface area contributed by atoms with Crippen molar-refractivity contribution < 1.29 is 18.7 Å². The minimum absolute atomic E-state index is 0.224. The first-order chi connectivity index (χ1) is 16.4. The summed E-state index contributed by atoms with van der Waals surface area (Å²) in [6.45, 7) is 4.55. The zero-order valence-corrected chi connectivity index (χ0v) is 20.2. The van der Waals surface area contributed by atoms with Gasteiger partial charge in [-0.05, 0) is 84.8 Å². The number of rotatable bonds is 7. The first-order valence-corrected chi connectivity index (χ1v) is 11.8. The summed E-state index contributed by atoms with van der Waals surface area (Å²) in [6, 6.07) is 17.0. The summed E-state index contributed by atoms with van der Waals surface area (Å²) in [7, 11) is 0. The zero-order valence-electron chi connectivity index (χ0n) is 18.6. The molecule has 3 aromatic rings. The van der Waals surface area contributed by atoms with Gasteiger partial charge < -0.3 is 14.8 Å². The fraction of sp³-hybridized carbons (Fsp3) is 0.154. The summed E-state index contributed by atoms with van der Waals surface area (Å²) in [5, 5.41) is 3.87. The molecular formula is C26H22ClFN2O3S. The number of hydrogen-bond acceptors (Lipinski definition) is 5. The summed E-state index contributed by atoms with van der Waals surface area (Å²) in [4.78, 5) is 17.6. The molecule has 0 bridgehead atoms. The van der Waals surface area contributed by atoms with E-state index >= 15 is 0 Å². The van der Waals surface area contributed by atoms with Crippen molar-refractivity contribution in [1.29, 1.82) is 0 Å². The molecule has 5 nitrogen and oxygen atoms in total. The van der Waals surface area contributed by atoms with Crippen molar-refractivity contribution in [2.75, 3.05) is 6.61 Å². The van der Waals surface area contributed by atoms with Crippen LogP contribution in [-0.2, 0) is 11.4 Å². The first kappa shape index (κ1) is 23.9. The van der Waals surface area contributed by atoms with Gasteiger partial charge in [-0.1, -0.05) is 35.9 Å². The number of amidine groups is 1. The van der Waals surface area contributed by atoms with E-state index in [1.54, 1.807) is 36.4 Å². The predicted octanol–water partition coefficient (Wildman–Crippen LogP) is 6.66. The van der Waals surface area contributed by atoms with Crippen molar-refractivity contribution in [3.63, 3.8) is 0 Å². The Morgan fingerprint density at radius 1 is 1.06 bits per heavy atom. The molecule has 0 unspecified atom stereocenters. The van der Waals surface area contributed by atoms with Gasteiger partial charge in [0.25, 0.3) is 5.91 Å². The van der Waals surface area contributed by atoms with Crippen LogP contribution < -0.4 is 14.8 Å². The summed E-state index contributed by atoms with van der Waals surface area (Å²) in [5.41, 5.74) is 3.30. The van der Waals surface area contributed by atoms with Crippen LogP contribution in [0.3, 0.4) is 0 Å². The highest BCUT2D eigenvalue weighted by atomic mass is 35.5. The Morgan fingerprint density at radius 3 is 2.62 bits per heavy atom. The quantitative estimate of drug-likeness (QED) is 0.372. The van der Waals surface area contributed by atoms with E-state index in [1.165, 1.54) is 23.9 Å². The van der Waals surface area contributed by atoms with Gasteiger partial charge in [0.05, 0.1) is 17.2 Å². The lowest BCUT2D eigenvalue weighted by Gasteiger charge is -2.13. The van der Waals surface area contributed by atoms with Crippen LogP contribution in [0.15, 0.2) is 70.6 Å². The van der Waals surface area contributed by atoms with Gasteiger partial charge in [0.15, 0.2) is 16.7 Å². The lowest BCUT2D eigenvalue weighted by molar-refractivity contribution is -0.115. The van der Waals surface area contributed by atoms with E-state index in [4.69, 9.17) is 21.1 Å². The Labute approximate surface area is 206 Å². The minimum Gasteiger partial charge on any atom is -0.490 e. The fourth-order valence-electron chi connectivity index (χ4n) is 3.19. The molecule has 0 aromatic heterocycles. The molecule has 1 saturated heterocycles. The molecule has 1 heterocycles. The number of carbonyl (C=O) groups is 1. The van der Waals surface area contributed by atoms with Crippen LogP contribution in [0.2, 0.25) is 5.02 Å². The normalized spacial score (nSPS) is 15.6. The molecule has 3 aromatic carbocycles. The second-order valence-corrected chi connectivity index (χ2v) is 8.93. The molecular weight excluding hydrogens is 475 g/mol. The number of ether oxygens (including phenoxy) is 2. The Morgan fingerprint density at radius 2 is 1.85 bits per heavy atom. The molecule has 174 valence electrons. The molecule has 0 radical (unpaired) electrons. The highest BCUT2D eigenvalue weighted by Crippen LogP contribution is 2.33. The molecule has 0 saturated carbocycles. The van der Waals surface area contributed by atoms with E-state index in [0.29, 0.717) is 38.9 Å². The van der Waals surface area contributed by atoms with Crippen molar-refractivity contribution in [1.82, 2.24) is 5.32 Å². The molecule has 1 aliphatic rings. The Balaban J connectivity index is 1.52. The molecule has 1 fully saturated rings. The lowest BCUT2D eigenvalue weighted by Crippen LogP contribution is -2.19. The fourth-order valence-corrected chi connectivity index (χ4v) is 4.19. The topological polar surface area (TPSA) is 59.9 Å². The van der Waals surface area contributed by atoms with E-state index in [2.05, 4.69) is 10.3 Å². The number of hydrogen-bond donors (Lipinski definition) is 1. The average Bonchev–Trinajstić information content (AvgIpc) is 3.15. The zero-order chi connectivity index (χ0) is 24.1. The molecule has 0 aliphatic carbocycles. The third-order valence-corrected chi connectivity index (χ3v) is 6.06. The van der Waals surface area contributed by atoms with Gasteiger partial charge in [0.1, 0.15) is 12.4 Å². The first-order valence-electron chi connectivity index (χ1n) is 10.6. The Hall–Kier alpha value is -3.29. The third-order valence-electron chi connectivity index (χ3n) is 4.92. The summed E-state index contributed by atoms with van der Waals surface area (Å²) in [6.07, 6.45) is 1.78. The molecule has 1 amide bonds. The summed E-state index contributed by atoms with van der Waals surface area (Å²) >= 11 is 7.33.